The molecule has 0 aromatic rings. The molecule has 1 atom stereocenters. The van der Waals surface area contributed by atoms with Gasteiger partial charge in [0, 0.05) is 6.61 Å². The van der Waals surface area contributed by atoms with Gasteiger partial charge in [-0.15, -0.1) is 6.58 Å². The lowest BCUT2D eigenvalue weighted by Gasteiger charge is -2.05. The number of unbranched alkanes of at least 4 members (excludes halogenated alkanes) is 1. The Hall–Kier alpha value is -0.340. The van der Waals surface area contributed by atoms with E-state index in [1.54, 1.807) is 0 Å². The van der Waals surface area contributed by atoms with Crippen molar-refractivity contribution in [1.82, 2.24) is 0 Å². The lowest BCUT2D eigenvalue weighted by Crippen LogP contribution is -2.07. The van der Waals surface area contributed by atoms with Crippen LogP contribution in [0.4, 0.5) is 0 Å². The number of rotatable bonds is 6. The molecule has 0 aromatic carbocycles. The first kappa shape index (κ1) is 9.66. The average Bonchev–Trinajstić information content (AvgIpc) is 1.89. The topological polar surface area (TPSA) is 40.5 Å². The molecule has 0 aliphatic rings. The molecule has 0 aliphatic heterocycles. The molecule has 0 bridgehead atoms. The molecule has 0 rings (SSSR count). The van der Waals surface area contributed by atoms with E-state index in [1.807, 2.05) is 6.08 Å². The number of allylic oxidation sites excluding steroid dienone is 1. The summed E-state index contributed by atoms with van der Waals surface area (Å²) in [4.78, 5) is 0. The Morgan fingerprint density at radius 3 is 2.60 bits per heavy atom. The second kappa shape index (κ2) is 6.78. The maximum atomic E-state index is 9.08. The summed E-state index contributed by atoms with van der Waals surface area (Å²) in [7, 11) is 0. The van der Waals surface area contributed by atoms with Crippen molar-refractivity contribution < 1.29 is 10.2 Å². The third-order valence-corrected chi connectivity index (χ3v) is 1.41. The maximum absolute atomic E-state index is 9.08. The molecule has 0 aliphatic carbocycles. The van der Waals surface area contributed by atoms with Crippen LogP contribution in [0.3, 0.4) is 0 Å². The van der Waals surface area contributed by atoms with E-state index in [9.17, 15) is 0 Å². The monoisotopic (exact) mass is 144 g/mol. The largest absolute Gasteiger partial charge is 0.396 e. The molecule has 0 saturated carbocycles. The summed E-state index contributed by atoms with van der Waals surface area (Å²) in [6, 6.07) is 0. The summed E-state index contributed by atoms with van der Waals surface area (Å²) < 4.78 is 0. The van der Waals surface area contributed by atoms with Crippen LogP contribution in [0.2, 0.25) is 0 Å². The van der Waals surface area contributed by atoms with Crippen LogP contribution in [-0.2, 0) is 0 Å². The van der Waals surface area contributed by atoms with Crippen LogP contribution in [0.15, 0.2) is 12.7 Å². The summed E-state index contributed by atoms with van der Waals surface area (Å²) in [5, 5.41) is 17.5. The van der Waals surface area contributed by atoms with E-state index < -0.39 is 0 Å². The van der Waals surface area contributed by atoms with Crippen molar-refractivity contribution >= 4 is 0 Å². The van der Waals surface area contributed by atoms with Gasteiger partial charge in [-0.25, -0.2) is 0 Å². The van der Waals surface area contributed by atoms with E-state index >= 15 is 0 Å². The van der Waals surface area contributed by atoms with Crippen molar-refractivity contribution in [2.24, 2.45) is 0 Å². The van der Waals surface area contributed by atoms with Crippen molar-refractivity contribution in [3.05, 3.63) is 12.7 Å². The number of hydrogen-bond donors (Lipinski definition) is 2. The van der Waals surface area contributed by atoms with Crippen LogP contribution in [0, 0.1) is 0 Å². The standard InChI is InChI=1S/C8H16O2/c1-2-3-4-5-8(10)6-7-9/h2,8-10H,1,3-7H2/t8-/m1/s1. The van der Waals surface area contributed by atoms with Crippen LogP contribution in [0.25, 0.3) is 0 Å². The smallest absolute Gasteiger partial charge is 0.0562 e. The molecule has 10 heavy (non-hydrogen) atoms. The Labute approximate surface area is 62.2 Å². The van der Waals surface area contributed by atoms with Gasteiger partial charge >= 0.3 is 0 Å². The quantitative estimate of drug-likeness (QED) is 0.432. The van der Waals surface area contributed by atoms with Crippen LogP contribution < -0.4 is 0 Å². The number of aliphatic hydroxyl groups is 2. The predicted octanol–water partition coefficient (Wildman–Crippen LogP) is 1.09. The first-order valence-corrected chi connectivity index (χ1v) is 3.71. The van der Waals surface area contributed by atoms with Crippen molar-refractivity contribution in [2.75, 3.05) is 6.61 Å². The number of aliphatic hydroxyl groups excluding tert-OH is 2. The minimum absolute atomic E-state index is 0.0786. The van der Waals surface area contributed by atoms with Gasteiger partial charge in [0.1, 0.15) is 0 Å². The van der Waals surface area contributed by atoms with Crippen LogP contribution >= 0.6 is 0 Å². The molecule has 0 aromatic heterocycles. The molecule has 0 radical (unpaired) electrons. The highest BCUT2D eigenvalue weighted by Gasteiger charge is 2.00. The third-order valence-electron chi connectivity index (χ3n) is 1.41. The molecule has 0 fully saturated rings. The van der Waals surface area contributed by atoms with Gasteiger partial charge in [0.25, 0.3) is 0 Å². The molecule has 0 saturated heterocycles. The van der Waals surface area contributed by atoms with Gasteiger partial charge in [0.15, 0.2) is 0 Å². The highest BCUT2D eigenvalue weighted by atomic mass is 16.3. The first-order chi connectivity index (χ1) is 4.81. The minimum Gasteiger partial charge on any atom is -0.396 e. The summed E-state index contributed by atoms with van der Waals surface area (Å²) in [5.41, 5.74) is 0. The molecule has 0 spiro atoms. The lowest BCUT2D eigenvalue weighted by molar-refractivity contribution is 0.123. The Balaban J connectivity index is 3.04. The summed E-state index contributed by atoms with van der Waals surface area (Å²) in [6.07, 6.45) is 4.69. The SMILES string of the molecule is C=CCCC[C@@H](O)CCO. The van der Waals surface area contributed by atoms with E-state index in [0.29, 0.717) is 6.42 Å². The van der Waals surface area contributed by atoms with Crippen molar-refractivity contribution in [3.63, 3.8) is 0 Å². The summed E-state index contributed by atoms with van der Waals surface area (Å²) in [6.45, 7) is 3.65. The molecular weight excluding hydrogens is 128 g/mol. The zero-order valence-electron chi connectivity index (χ0n) is 6.29. The molecular formula is C8H16O2. The van der Waals surface area contributed by atoms with E-state index in [2.05, 4.69) is 6.58 Å². The fourth-order valence-corrected chi connectivity index (χ4v) is 0.791. The molecule has 0 amide bonds. The Morgan fingerprint density at radius 1 is 1.40 bits per heavy atom. The molecule has 60 valence electrons. The van der Waals surface area contributed by atoms with Crippen molar-refractivity contribution in [1.29, 1.82) is 0 Å². The van der Waals surface area contributed by atoms with Gasteiger partial charge in [0.05, 0.1) is 6.10 Å². The van der Waals surface area contributed by atoms with E-state index in [0.717, 1.165) is 19.3 Å². The van der Waals surface area contributed by atoms with Gasteiger partial charge in [-0.2, -0.15) is 0 Å². The van der Waals surface area contributed by atoms with Gasteiger partial charge in [-0.1, -0.05) is 6.08 Å². The molecule has 0 heterocycles. The Kier molecular flexibility index (Phi) is 6.55. The summed E-state index contributed by atoms with van der Waals surface area (Å²) >= 11 is 0. The molecule has 2 N–H and O–H groups in total. The maximum Gasteiger partial charge on any atom is 0.0562 e. The van der Waals surface area contributed by atoms with E-state index in [-0.39, 0.29) is 12.7 Å². The Morgan fingerprint density at radius 2 is 2.10 bits per heavy atom. The predicted molar refractivity (Wildman–Crippen MR) is 41.8 cm³/mol. The second-order valence-electron chi connectivity index (χ2n) is 2.39. The minimum atomic E-state index is -0.329. The van der Waals surface area contributed by atoms with Crippen molar-refractivity contribution in [3.8, 4) is 0 Å². The van der Waals surface area contributed by atoms with Crippen molar-refractivity contribution in [2.45, 2.75) is 31.8 Å². The van der Waals surface area contributed by atoms with Gasteiger partial charge < -0.3 is 10.2 Å². The second-order valence-corrected chi connectivity index (χ2v) is 2.39. The number of hydrogen-bond acceptors (Lipinski definition) is 2. The van der Waals surface area contributed by atoms with Crippen LogP contribution in [-0.4, -0.2) is 22.9 Å². The van der Waals surface area contributed by atoms with Crippen LogP contribution in [0.1, 0.15) is 25.7 Å². The van der Waals surface area contributed by atoms with Gasteiger partial charge in [-0.3, -0.25) is 0 Å². The fraction of sp³-hybridized carbons (Fsp3) is 0.750. The Bertz CT molecular complexity index is 81.3. The third kappa shape index (κ3) is 5.79. The average molecular weight is 144 g/mol. The fourth-order valence-electron chi connectivity index (χ4n) is 0.791. The van der Waals surface area contributed by atoms with E-state index in [1.165, 1.54) is 0 Å². The highest BCUT2D eigenvalue weighted by molar-refractivity contribution is 4.67. The highest BCUT2D eigenvalue weighted by Crippen LogP contribution is 2.03. The first-order valence-electron chi connectivity index (χ1n) is 3.71. The zero-order chi connectivity index (χ0) is 7.82. The van der Waals surface area contributed by atoms with E-state index in [4.69, 9.17) is 10.2 Å². The zero-order valence-corrected chi connectivity index (χ0v) is 6.29. The normalized spacial score (nSPS) is 13.0. The summed E-state index contributed by atoms with van der Waals surface area (Å²) in [5.74, 6) is 0. The van der Waals surface area contributed by atoms with Gasteiger partial charge in [-0.05, 0) is 25.7 Å². The van der Waals surface area contributed by atoms with Crippen LogP contribution in [0.5, 0.6) is 0 Å². The molecule has 0 unspecified atom stereocenters. The molecule has 2 nitrogen and oxygen atoms in total. The molecule has 2 heteroatoms. The lowest BCUT2D eigenvalue weighted by atomic mass is 10.1. The van der Waals surface area contributed by atoms with Gasteiger partial charge in [0.2, 0.25) is 0 Å².